The molecule has 19 heavy (non-hydrogen) atoms. The summed E-state index contributed by atoms with van der Waals surface area (Å²) in [6, 6.07) is 2.61. The third-order valence-electron chi connectivity index (χ3n) is 3.75. The van der Waals surface area contributed by atoms with Crippen molar-refractivity contribution in [2.24, 2.45) is 0 Å². The molecule has 1 aliphatic rings. The van der Waals surface area contributed by atoms with Crippen LogP contribution < -0.4 is 0 Å². The third-order valence-corrected chi connectivity index (χ3v) is 4.44. The van der Waals surface area contributed by atoms with Crippen LogP contribution in [0, 0.1) is 0 Å². The number of piperidine rings is 1. The number of nitrogens with zero attached hydrogens (tertiary/aromatic N) is 3. The van der Waals surface area contributed by atoms with Gasteiger partial charge in [-0.05, 0) is 44.7 Å². The van der Waals surface area contributed by atoms with Gasteiger partial charge in [0, 0.05) is 23.5 Å². The molecule has 1 unspecified atom stereocenters. The van der Waals surface area contributed by atoms with Crippen LogP contribution in [0.2, 0.25) is 0 Å². The Balaban J connectivity index is 1.75. The van der Waals surface area contributed by atoms with Gasteiger partial charge in [-0.3, -0.25) is 0 Å². The highest BCUT2D eigenvalue weighted by atomic mass is 32.1. The van der Waals surface area contributed by atoms with Gasteiger partial charge in [-0.1, -0.05) is 5.16 Å². The minimum Gasteiger partial charge on any atom is -0.339 e. The quantitative estimate of drug-likeness (QED) is 0.862. The second-order valence-electron chi connectivity index (χ2n) is 5.40. The Morgan fingerprint density at radius 1 is 1.47 bits per heavy atom. The van der Waals surface area contributed by atoms with Crippen LogP contribution >= 0.6 is 11.3 Å². The summed E-state index contributed by atoms with van der Waals surface area (Å²) >= 11 is 1.65. The standard InChI is InChI=1S/C14H19N3OS/c1-10(2)17-6-3-4-11(8-17)14-15-13(16-18-14)12-5-7-19-9-12/h5,7,9-11H,3-4,6,8H2,1-2H3. The molecule has 0 amide bonds. The highest BCUT2D eigenvalue weighted by Crippen LogP contribution is 2.28. The molecule has 0 bridgehead atoms. The smallest absolute Gasteiger partial charge is 0.231 e. The molecule has 0 spiro atoms. The molecule has 0 N–H and O–H groups in total. The predicted octanol–water partition coefficient (Wildman–Crippen LogP) is 3.39. The fraction of sp³-hybridized carbons (Fsp3) is 0.571. The zero-order valence-electron chi connectivity index (χ0n) is 11.4. The summed E-state index contributed by atoms with van der Waals surface area (Å²) in [7, 11) is 0. The van der Waals surface area contributed by atoms with Gasteiger partial charge in [-0.2, -0.15) is 16.3 Å². The fourth-order valence-corrected chi connectivity index (χ4v) is 3.22. The van der Waals surface area contributed by atoms with Gasteiger partial charge in [0.15, 0.2) is 0 Å². The predicted molar refractivity (Wildman–Crippen MR) is 76.3 cm³/mol. The van der Waals surface area contributed by atoms with Crippen molar-refractivity contribution in [1.29, 1.82) is 0 Å². The van der Waals surface area contributed by atoms with Crippen LogP contribution in [0.15, 0.2) is 21.3 Å². The Bertz CT molecular complexity index is 521. The van der Waals surface area contributed by atoms with Crippen LogP contribution in [0.25, 0.3) is 11.4 Å². The lowest BCUT2D eigenvalue weighted by molar-refractivity contribution is 0.153. The normalized spacial score (nSPS) is 21.1. The topological polar surface area (TPSA) is 42.2 Å². The third kappa shape index (κ3) is 2.72. The number of hydrogen-bond donors (Lipinski definition) is 0. The minimum atomic E-state index is 0.385. The van der Waals surface area contributed by atoms with Crippen molar-refractivity contribution in [3.8, 4) is 11.4 Å². The van der Waals surface area contributed by atoms with Gasteiger partial charge in [0.1, 0.15) is 0 Å². The Labute approximate surface area is 117 Å². The van der Waals surface area contributed by atoms with Gasteiger partial charge in [-0.25, -0.2) is 0 Å². The van der Waals surface area contributed by atoms with Crippen LogP contribution in [0.3, 0.4) is 0 Å². The molecule has 102 valence electrons. The molecule has 4 nitrogen and oxygen atoms in total. The Morgan fingerprint density at radius 3 is 3.11 bits per heavy atom. The van der Waals surface area contributed by atoms with Crippen molar-refractivity contribution < 1.29 is 4.52 Å². The summed E-state index contributed by atoms with van der Waals surface area (Å²) < 4.78 is 5.47. The summed E-state index contributed by atoms with van der Waals surface area (Å²) in [5.41, 5.74) is 1.05. The first-order chi connectivity index (χ1) is 9.24. The molecule has 2 aromatic rings. The summed E-state index contributed by atoms with van der Waals surface area (Å²) in [6.45, 7) is 6.70. The molecule has 5 heteroatoms. The summed E-state index contributed by atoms with van der Waals surface area (Å²) in [5, 5.41) is 8.19. The maximum Gasteiger partial charge on any atom is 0.231 e. The maximum atomic E-state index is 5.47. The molecule has 0 aromatic carbocycles. The number of rotatable bonds is 3. The van der Waals surface area contributed by atoms with Crippen molar-refractivity contribution in [1.82, 2.24) is 15.0 Å². The van der Waals surface area contributed by atoms with Crippen LogP contribution in [-0.2, 0) is 0 Å². The summed E-state index contributed by atoms with van der Waals surface area (Å²) in [5.74, 6) is 1.90. The zero-order valence-corrected chi connectivity index (χ0v) is 12.2. The van der Waals surface area contributed by atoms with Crippen molar-refractivity contribution >= 4 is 11.3 Å². The molecule has 3 rings (SSSR count). The summed E-state index contributed by atoms with van der Waals surface area (Å²) in [6.07, 6.45) is 2.35. The maximum absolute atomic E-state index is 5.47. The van der Waals surface area contributed by atoms with Gasteiger partial charge in [0.25, 0.3) is 0 Å². The Kier molecular flexibility index (Phi) is 3.66. The van der Waals surface area contributed by atoms with E-state index in [1.165, 1.54) is 13.0 Å². The van der Waals surface area contributed by atoms with E-state index in [4.69, 9.17) is 4.52 Å². The van der Waals surface area contributed by atoms with E-state index < -0.39 is 0 Å². The van der Waals surface area contributed by atoms with Crippen molar-refractivity contribution in [3.05, 3.63) is 22.7 Å². The van der Waals surface area contributed by atoms with E-state index in [9.17, 15) is 0 Å². The van der Waals surface area contributed by atoms with Gasteiger partial charge in [0.05, 0.1) is 5.92 Å². The van der Waals surface area contributed by atoms with E-state index in [1.54, 1.807) is 11.3 Å². The second kappa shape index (κ2) is 5.43. The number of thiophene rings is 1. The van der Waals surface area contributed by atoms with E-state index >= 15 is 0 Å². The van der Waals surface area contributed by atoms with Gasteiger partial charge < -0.3 is 9.42 Å². The first-order valence-electron chi connectivity index (χ1n) is 6.84. The van der Waals surface area contributed by atoms with Crippen molar-refractivity contribution in [2.45, 2.75) is 38.6 Å². The van der Waals surface area contributed by atoms with E-state index in [1.807, 2.05) is 11.4 Å². The lowest BCUT2D eigenvalue weighted by Gasteiger charge is -2.33. The number of aromatic nitrogens is 2. The molecule has 0 aliphatic carbocycles. The number of hydrogen-bond acceptors (Lipinski definition) is 5. The monoisotopic (exact) mass is 277 g/mol. The van der Waals surface area contributed by atoms with Gasteiger partial charge >= 0.3 is 0 Å². The first kappa shape index (κ1) is 12.8. The molecule has 2 aromatic heterocycles. The molecule has 1 atom stereocenters. The number of likely N-dealkylation sites (tertiary alicyclic amines) is 1. The first-order valence-corrected chi connectivity index (χ1v) is 7.78. The van der Waals surface area contributed by atoms with E-state index in [0.29, 0.717) is 12.0 Å². The second-order valence-corrected chi connectivity index (χ2v) is 6.18. The average Bonchev–Trinajstić information content (AvgIpc) is 3.09. The van der Waals surface area contributed by atoms with Crippen molar-refractivity contribution in [2.75, 3.05) is 13.1 Å². The Morgan fingerprint density at radius 2 is 2.37 bits per heavy atom. The average molecular weight is 277 g/mol. The molecule has 0 saturated carbocycles. The lowest BCUT2D eigenvalue weighted by Crippen LogP contribution is -2.39. The van der Waals surface area contributed by atoms with E-state index in [2.05, 4.69) is 34.3 Å². The highest BCUT2D eigenvalue weighted by Gasteiger charge is 2.27. The molecule has 1 saturated heterocycles. The van der Waals surface area contributed by atoms with Gasteiger partial charge in [-0.15, -0.1) is 0 Å². The van der Waals surface area contributed by atoms with E-state index in [0.717, 1.165) is 30.2 Å². The largest absolute Gasteiger partial charge is 0.339 e. The molecule has 0 radical (unpaired) electrons. The van der Waals surface area contributed by atoms with Crippen LogP contribution in [0.1, 0.15) is 38.5 Å². The van der Waals surface area contributed by atoms with Gasteiger partial charge in [0.2, 0.25) is 11.7 Å². The lowest BCUT2D eigenvalue weighted by atomic mass is 9.97. The fourth-order valence-electron chi connectivity index (χ4n) is 2.59. The molecule has 1 fully saturated rings. The van der Waals surface area contributed by atoms with Crippen LogP contribution in [0.5, 0.6) is 0 Å². The minimum absolute atomic E-state index is 0.385. The van der Waals surface area contributed by atoms with Crippen LogP contribution in [0.4, 0.5) is 0 Å². The van der Waals surface area contributed by atoms with E-state index in [-0.39, 0.29) is 0 Å². The zero-order chi connectivity index (χ0) is 13.2. The highest BCUT2D eigenvalue weighted by molar-refractivity contribution is 7.08. The molecular weight excluding hydrogens is 258 g/mol. The summed E-state index contributed by atoms with van der Waals surface area (Å²) in [4.78, 5) is 7.06. The van der Waals surface area contributed by atoms with Crippen molar-refractivity contribution in [3.63, 3.8) is 0 Å². The molecular formula is C14H19N3OS. The molecule has 1 aliphatic heterocycles. The molecule has 3 heterocycles. The Hall–Kier alpha value is -1.20. The van der Waals surface area contributed by atoms with Crippen LogP contribution in [-0.4, -0.2) is 34.2 Å². The SMILES string of the molecule is CC(C)N1CCCC(c2nc(-c3ccsc3)no2)C1.